The number of rotatable bonds is 8. The molecule has 1 saturated carbocycles. The summed E-state index contributed by atoms with van der Waals surface area (Å²) in [5, 5.41) is 14.9. The Morgan fingerprint density at radius 3 is 2.34 bits per heavy atom. The molecule has 1 aliphatic carbocycles. The van der Waals surface area contributed by atoms with Gasteiger partial charge < -0.3 is 15.7 Å². The number of nitrogens with zero attached hydrogens (tertiary/aromatic N) is 2. The van der Waals surface area contributed by atoms with Gasteiger partial charge in [0.2, 0.25) is 0 Å². The lowest BCUT2D eigenvalue weighted by atomic mass is 9.85. The molecule has 2 aromatic rings. The first-order valence-corrected chi connectivity index (χ1v) is 9.99. The molecule has 0 aliphatic heterocycles. The van der Waals surface area contributed by atoms with E-state index >= 15 is 0 Å². The molecule has 0 spiro atoms. The van der Waals surface area contributed by atoms with Crippen LogP contribution in [0.15, 0.2) is 48.8 Å². The number of amides is 2. The molecule has 1 aliphatic rings. The van der Waals surface area contributed by atoms with Crippen molar-refractivity contribution < 1.29 is 14.7 Å². The minimum atomic E-state index is -0.815. The molecule has 2 amide bonds. The maximum Gasteiger partial charge on any atom is 0.317 e. The molecule has 29 heavy (non-hydrogen) atoms. The molecular formula is C22H28N4O3. The summed E-state index contributed by atoms with van der Waals surface area (Å²) in [5.74, 6) is -0.815. The molecule has 7 heteroatoms. The molecule has 3 rings (SSSR count). The first-order valence-electron chi connectivity index (χ1n) is 9.99. The van der Waals surface area contributed by atoms with Crippen LogP contribution in [0.4, 0.5) is 4.79 Å². The number of benzene rings is 1. The Bertz CT molecular complexity index is 820. The van der Waals surface area contributed by atoms with Crippen molar-refractivity contribution >= 4 is 12.0 Å². The highest BCUT2D eigenvalue weighted by Gasteiger charge is 2.34. The second-order valence-corrected chi connectivity index (χ2v) is 7.48. The van der Waals surface area contributed by atoms with Gasteiger partial charge in [0.1, 0.15) is 0 Å². The Labute approximate surface area is 171 Å². The number of urea groups is 1. The quantitative estimate of drug-likeness (QED) is 0.638. The van der Waals surface area contributed by atoms with Crippen LogP contribution in [0.3, 0.4) is 0 Å². The molecule has 7 nitrogen and oxygen atoms in total. The number of nitrogens with one attached hydrogen (secondary N) is 2. The molecule has 3 N–H and O–H groups in total. The van der Waals surface area contributed by atoms with Crippen molar-refractivity contribution in [1.29, 1.82) is 0 Å². The third kappa shape index (κ3) is 5.54. The average Bonchev–Trinajstić information content (AvgIpc) is 2.69. The minimum Gasteiger partial charge on any atom is -0.480 e. The van der Waals surface area contributed by atoms with Gasteiger partial charge in [0, 0.05) is 24.5 Å². The number of pyridine rings is 1. The van der Waals surface area contributed by atoms with Crippen LogP contribution < -0.4 is 10.6 Å². The second-order valence-electron chi connectivity index (χ2n) is 7.48. The minimum absolute atomic E-state index is 0.0482. The summed E-state index contributed by atoms with van der Waals surface area (Å²) in [6, 6.07) is 12.0. The molecule has 1 fully saturated rings. The SMILES string of the molecule is CCN(CC(=O)O)C1CC(NC(=O)NC(C)c2ccc(-c3ccncc3)cc2)C1. The standard InChI is InChI=1S/C22H28N4O3/c1-3-26(14-21(27)28)20-12-19(13-20)25-22(29)24-15(2)16-4-6-17(7-5-16)18-8-10-23-11-9-18/h4-11,15,19-20H,3,12-14H2,1-2H3,(H,27,28)(H2,24,25,29). The molecule has 1 aromatic heterocycles. The highest BCUT2D eigenvalue weighted by atomic mass is 16.4. The largest absolute Gasteiger partial charge is 0.480 e. The van der Waals surface area contributed by atoms with Gasteiger partial charge >= 0.3 is 12.0 Å². The van der Waals surface area contributed by atoms with Gasteiger partial charge in [-0.2, -0.15) is 0 Å². The Kier molecular flexibility index (Phi) is 6.82. The molecule has 1 atom stereocenters. The van der Waals surface area contributed by atoms with Crippen LogP contribution in [0.1, 0.15) is 38.3 Å². The Hall–Kier alpha value is -2.93. The van der Waals surface area contributed by atoms with E-state index in [2.05, 4.69) is 15.6 Å². The van der Waals surface area contributed by atoms with Crippen molar-refractivity contribution in [3.8, 4) is 11.1 Å². The first-order chi connectivity index (χ1) is 14.0. The summed E-state index contributed by atoms with van der Waals surface area (Å²) in [7, 11) is 0. The van der Waals surface area contributed by atoms with Crippen LogP contribution in [0.5, 0.6) is 0 Å². The van der Waals surface area contributed by atoms with Gasteiger partial charge in [-0.3, -0.25) is 14.7 Å². The van der Waals surface area contributed by atoms with Crippen LogP contribution in [0.25, 0.3) is 11.1 Å². The monoisotopic (exact) mass is 396 g/mol. The number of aliphatic carboxylic acids is 1. The third-order valence-electron chi connectivity index (χ3n) is 5.48. The number of hydrogen-bond donors (Lipinski definition) is 3. The summed E-state index contributed by atoms with van der Waals surface area (Å²) >= 11 is 0. The zero-order chi connectivity index (χ0) is 20.8. The lowest BCUT2D eigenvalue weighted by Crippen LogP contribution is -2.56. The van der Waals surface area contributed by atoms with Gasteiger partial charge in [0.25, 0.3) is 0 Å². The average molecular weight is 396 g/mol. The highest BCUT2D eigenvalue weighted by molar-refractivity contribution is 5.75. The van der Waals surface area contributed by atoms with Crippen LogP contribution in [-0.2, 0) is 4.79 Å². The zero-order valence-electron chi connectivity index (χ0n) is 16.8. The van der Waals surface area contributed by atoms with Gasteiger partial charge in [-0.05, 0) is 55.1 Å². The van der Waals surface area contributed by atoms with Crippen LogP contribution >= 0.6 is 0 Å². The molecule has 1 aromatic carbocycles. The molecular weight excluding hydrogens is 368 g/mol. The normalized spacial score (nSPS) is 19.3. The van der Waals surface area contributed by atoms with E-state index < -0.39 is 5.97 Å². The molecule has 0 bridgehead atoms. The number of carbonyl (C=O) groups excluding carboxylic acids is 1. The van der Waals surface area contributed by atoms with Gasteiger partial charge in [-0.15, -0.1) is 0 Å². The Balaban J connectivity index is 1.46. The first kappa shape index (κ1) is 20.8. The number of carbonyl (C=O) groups is 2. The van der Waals surface area contributed by atoms with Crippen LogP contribution in [0.2, 0.25) is 0 Å². The zero-order valence-corrected chi connectivity index (χ0v) is 16.8. The molecule has 0 radical (unpaired) electrons. The van der Waals surface area contributed by atoms with E-state index in [4.69, 9.17) is 5.11 Å². The lowest BCUT2D eigenvalue weighted by molar-refractivity contribution is -0.139. The number of hydrogen-bond acceptors (Lipinski definition) is 4. The van der Waals surface area contributed by atoms with Crippen molar-refractivity contribution in [2.24, 2.45) is 0 Å². The van der Waals surface area contributed by atoms with Gasteiger partial charge in [0.05, 0.1) is 12.6 Å². The van der Waals surface area contributed by atoms with Crippen molar-refractivity contribution in [2.45, 2.75) is 44.8 Å². The van der Waals surface area contributed by atoms with E-state index in [1.807, 2.05) is 55.1 Å². The highest BCUT2D eigenvalue weighted by Crippen LogP contribution is 2.26. The third-order valence-corrected chi connectivity index (χ3v) is 5.48. The lowest BCUT2D eigenvalue weighted by Gasteiger charge is -2.42. The number of aromatic nitrogens is 1. The summed E-state index contributed by atoms with van der Waals surface area (Å²) in [4.78, 5) is 29.2. The summed E-state index contributed by atoms with van der Waals surface area (Å²) in [6.07, 6.45) is 5.10. The maximum atomic E-state index is 12.3. The van der Waals surface area contributed by atoms with Crippen molar-refractivity contribution in [1.82, 2.24) is 20.5 Å². The molecule has 1 heterocycles. The summed E-state index contributed by atoms with van der Waals surface area (Å²) in [5.41, 5.74) is 3.24. The fraction of sp³-hybridized carbons (Fsp3) is 0.409. The number of likely N-dealkylation sites (N-methyl/N-ethyl adjacent to an activating group) is 1. The topological polar surface area (TPSA) is 94.6 Å². The van der Waals surface area contributed by atoms with Gasteiger partial charge in [-0.1, -0.05) is 31.2 Å². The van der Waals surface area contributed by atoms with E-state index in [1.54, 1.807) is 12.4 Å². The van der Waals surface area contributed by atoms with Crippen LogP contribution in [0, 0.1) is 0 Å². The van der Waals surface area contributed by atoms with E-state index in [-0.39, 0.29) is 30.7 Å². The van der Waals surface area contributed by atoms with E-state index in [0.717, 1.165) is 29.5 Å². The van der Waals surface area contributed by atoms with Gasteiger partial charge in [-0.25, -0.2) is 4.79 Å². The molecule has 1 unspecified atom stereocenters. The molecule has 154 valence electrons. The van der Waals surface area contributed by atoms with Crippen molar-refractivity contribution in [2.75, 3.05) is 13.1 Å². The van der Waals surface area contributed by atoms with E-state index in [0.29, 0.717) is 6.54 Å². The van der Waals surface area contributed by atoms with E-state index in [9.17, 15) is 9.59 Å². The summed E-state index contributed by atoms with van der Waals surface area (Å²) in [6.45, 7) is 4.66. The predicted octanol–water partition coefficient (Wildman–Crippen LogP) is 3.05. The summed E-state index contributed by atoms with van der Waals surface area (Å²) < 4.78 is 0. The predicted molar refractivity (Wildman–Crippen MR) is 111 cm³/mol. The van der Waals surface area contributed by atoms with E-state index in [1.165, 1.54) is 0 Å². The molecule has 0 saturated heterocycles. The Morgan fingerprint density at radius 1 is 1.14 bits per heavy atom. The number of carboxylic acid groups (broad SMARTS) is 1. The number of carboxylic acids is 1. The van der Waals surface area contributed by atoms with Crippen molar-refractivity contribution in [3.63, 3.8) is 0 Å². The maximum absolute atomic E-state index is 12.3. The fourth-order valence-electron chi connectivity index (χ4n) is 3.69. The van der Waals surface area contributed by atoms with Gasteiger partial charge in [0.15, 0.2) is 0 Å². The fourth-order valence-corrected chi connectivity index (χ4v) is 3.69. The smallest absolute Gasteiger partial charge is 0.317 e. The van der Waals surface area contributed by atoms with Crippen molar-refractivity contribution in [3.05, 3.63) is 54.4 Å². The Morgan fingerprint density at radius 2 is 1.76 bits per heavy atom. The second kappa shape index (κ2) is 9.52. The van der Waals surface area contributed by atoms with Crippen LogP contribution in [-0.4, -0.2) is 52.2 Å².